The molecular formula is C36H23N3. The van der Waals surface area contributed by atoms with Gasteiger partial charge in [-0.25, -0.2) is 9.97 Å². The number of benzene rings is 5. The number of hydrogen-bond acceptors (Lipinski definition) is 2. The van der Waals surface area contributed by atoms with Gasteiger partial charge in [0.1, 0.15) is 11.5 Å². The number of nitrogens with zero attached hydrogens (tertiary/aromatic N) is 3. The molecule has 39 heavy (non-hydrogen) atoms. The quantitative estimate of drug-likeness (QED) is 0.228. The Morgan fingerprint density at radius 2 is 1.18 bits per heavy atom. The topological polar surface area (TPSA) is 30.2 Å². The lowest BCUT2D eigenvalue weighted by Gasteiger charge is -2.12. The minimum atomic E-state index is 0.892. The van der Waals surface area contributed by atoms with Crippen molar-refractivity contribution in [3.05, 3.63) is 140 Å². The Morgan fingerprint density at radius 1 is 0.487 bits per heavy atom. The fourth-order valence-corrected chi connectivity index (χ4v) is 5.79. The maximum absolute atomic E-state index is 5.20. The second-order valence-corrected chi connectivity index (χ2v) is 9.89. The van der Waals surface area contributed by atoms with Crippen LogP contribution in [0.2, 0.25) is 0 Å². The van der Waals surface area contributed by atoms with Crippen molar-refractivity contribution in [3.63, 3.8) is 0 Å². The molecule has 3 heterocycles. The zero-order valence-electron chi connectivity index (χ0n) is 21.1. The minimum Gasteiger partial charge on any atom is -0.276 e. The first-order chi connectivity index (χ1) is 19.3. The maximum Gasteiger partial charge on any atom is 0.146 e. The predicted molar refractivity (Wildman–Crippen MR) is 162 cm³/mol. The van der Waals surface area contributed by atoms with Crippen LogP contribution in [0.5, 0.6) is 0 Å². The van der Waals surface area contributed by atoms with Gasteiger partial charge in [-0.05, 0) is 63.0 Å². The van der Waals surface area contributed by atoms with E-state index < -0.39 is 0 Å². The lowest BCUT2D eigenvalue weighted by molar-refractivity contribution is 1.17. The van der Waals surface area contributed by atoms with Crippen molar-refractivity contribution < 1.29 is 0 Å². The molecule has 3 nitrogen and oxygen atoms in total. The van der Waals surface area contributed by atoms with Gasteiger partial charge >= 0.3 is 0 Å². The molecule has 8 aromatic rings. The van der Waals surface area contributed by atoms with Gasteiger partial charge in [-0.1, -0.05) is 103 Å². The summed E-state index contributed by atoms with van der Waals surface area (Å²) in [6, 6.07) is 47.1. The predicted octanol–water partition coefficient (Wildman–Crippen LogP) is 9.19. The molecule has 0 unspecified atom stereocenters. The van der Waals surface area contributed by atoms with Gasteiger partial charge in [0.05, 0.1) is 11.2 Å². The molecule has 0 radical (unpaired) electrons. The molecule has 0 aliphatic heterocycles. The summed E-state index contributed by atoms with van der Waals surface area (Å²) in [7, 11) is 0. The smallest absolute Gasteiger partial charge is 0.146 e. The molecule has 0 aliphatic carbocycles. The van der Waals surface area contributed by atoms with Crippen molar-refractivity contribution in [2.45, 2.75) is 0 Å². The van der Waals surface area contributed by atoms with E-state index in [1.807, 2.05) is 18.3 Å². The number of hydrogen-bond donors (Lipinski definition) is 0. The van der Waals surface area contributed by atoms with Gasteiger partial charge in [0, 0.05) is 22.7 Å². The second kappa shape index (κ2) is 8.64. The second-order valence-electron chi connectivity index (χ2n) is 9.89. The van der Waals surface area contributed by atoms with Crippen molar-refractivity contribution in [1.82, 2.24) is 14.4 Å². The molecule has 0 atom stereocenters. The number of imidazole rings is 1. The van der Waals surface area contributed by atoms with Gasteiger partial charge in [-0.2, -0.15) is 0 Å². The van der Waals surface area contributed by atoms with E-state index in [4.69, 9.17) is 9.97 Å². The van der Waals surface area contributed by atoms with Crippen LogP contribution in [0.1, 0.15) is 0 Å². The molecule has 0 N–H and O–H groups in total. The first kappa shape index (κ1) is 21.8. The van der Waals surface area contributed by atoms with E-state index in [-0.39, 0.29) is 0 Å². The fourth-order valence-electron chi connectivity index (χ4n) is 5.79. The minimum absolute atomic E-state index is 0.892. The summed E-state index contributed by atoms with van der Waals surface area (Å²) in [6.45, 7) is 0. The van der Waals surface area contributed by atoms with Gasteiger partial charge in [-0.15, -0.1) is 0 Å². The summed E-state index contributed by atoms with van der Waals surface area (Å²) in [6.07, 6.45) is 1.85. The van der Waals surface area contributed by atoms with Gasteiger partial charge in [0.15, 0.2) is 0 Å². The normalized spacial score (nSPS) is 11.6. The largest absolute Gasteiger partial charge is 0.276 e. The molecule has 0 bridgehead atoms. The molecule has 0 fully saturated rings. The number of aromatic nitrogens is 3. The molecule has 3 aromatic heterocycles. The van der Waals surface area contributed by atoms with Crippen LogP contribution >= 0.6 is 0 Å². The highest BCUT2D eigenvalue weighted by molar-refractivity contribution is 6.13. The Morgan fingerprint density at radius 3 is 2.03 bits per heavy atom. The highest BCUT2D eigenvalue weighted by Gasteiger charge is 2.17. The SMILES string of the molecule is c1ccc(-c2nc(-c3ccc(-c4cc5ccccc5c5ccccc45)cc3)n3c2ccc2cccnc23)cc1. The van der Waals surface area contributed by atoms with Crippen LogP contribution in [0.4, 0.5) is 0 Å². The lowest BCUT2D eigenvalue weighted by Crippen LogP contribution is -1.94. The molecule has 0 amide bonds. The van der Waals surface area contributed by atoms with Crippen molar-refractivity contribution in [1.29, 1.82) is 0 Å². The molecule has 0 aliphatic rings. The standard InChI is InChI=1S/C36H23N3/c1-2-9-25(10-3-1)34-33-21-20-26-12-8-22-37-35(26)39(33)36(38-34)27-18-16-24(17-19-27)32-23-28-11-4-5-13-29(28)30-14-6-7-15-31(30)32/h1-23H. The van der Waals surface area contributed by atoms with Crippen LogP contribution in [0.25, 0.3) is 71.9 Å². The summed E-state index contributed by atoms with van der Waals surface area (Å²) in [4.78, 5) is 9.95. The summed E-state index contributed by atoms with van der Waals surface area (Å²) in [5, 5.41) is 6.16. The zero-order valence-corrected chi connectivity index (χ0v) is 21.1. The van der Waals surface area contributed by atoms with E-state index in [0.717, 1.165) is 39.2 Å². The number of rotatable bonds is 3. The zero-order chi connectivity index (χ0) is 25.8. The monoisotopic (exact) mass is 497 g/mol. The Kier molecular flexibility index (Phi) is 4.82. The lowest BCUT2D eigenvalue weighted by atomic mass is 9.93. The van der Waals surface area contributed by atoms with Crippen molar-refractivity contribution >= 4 is 38.1 Å². The average Bonchev–Trinajstić information content (AvgIpc) is 3.42. The molecule has 3 heteroatoms. The van der Waals surface area contributed by atoms with E-state index >= 15 is 0 Å². The fraction of sp³-hybridized carbons (Fsp3) is 0. The van der Waals surface area contributed by atoms with Gasteiger partial charge in [0.25, 0.3) is 0 Å². The van der Waals surface area contributed by atoms with E-state index in [9.17, 15) is 0 Å². The first-order valence-corrected chi connectivity index (χ1v) is 13.2. The van der Waals surface area contributed by atoms with Crippen LogP contribution in [-0.4, -0.2) is 14.4 Å². The van der Waals surface area contributed by atoms with E-state index in [1.165, 1.54) is 32.7 Å². The molecule has 8 rings (SSSR count). The maximum atomic E-state index is 5.20. The summed E-state index contributed by atoms with van der Waals surface area (Å²) in [5.74, 6) is 0.892. The molecule has 182 valence electrons. The third kappa shape index (κ3) is 3.44. The van der Waals surface area contributed by atoms with Crippen LogP contribution in [0.3, 0.4) is 0 Å². The van der Waals surface area contributed by atoms with E-state index in [1.54, 1.807) is 0 Å². The third-order valence-electron chi connectivity index (χ3n) is 7.63. The average molecular weight is 498 g/mol. The Hall–Kier alpha value is -5.28. The van der Waals surface area contributed by atoms with Gasteiger partial charge < -0.3 is 0 Å². The van der Waals surface area contributed by atoms with Crippen molar-refractivity contribution in [2.75, 3.05) is 0 Å². The highest BCUT2D eigenvalue weighted by atomic mass is 15.1. The van der Waals surface area contributed by atoms with E-state index in [0.29, 0.717) is 0 Å². The Labute approximate surface area is 225 Å². The molecule has 0 spiro atoms. The number of pyridine rings is 2. The summed E-state index contributed by atoms with van der Waals surface area (Å²) >= 11 is 0. The van der Waals surface area contributed by atoms with Crippen LogP contribution in [-0.2, 0) is 0 Å². The highest BCUT2D eigenvalue weighted by Crippen LogP contribution is 2.37. The molecular weight excluding hydrogens is 474 g/mol. The van der Waals surface area contributed by atoms with Crippen LogP contribution in [0.15, 0.2) is 140 Å². The summed E-state index contributed by atoms with van der Waals surface area (Å²) < 4.78 is 2.19. The molecule has 5 aromatic carbocycles. The number of fused-ring (bicyclic) bond motifs is 6. The molecule has 0 saturated carbocycles. The molecule has 0 saturated heterocycles. The van der Waals surface area contributed by atoms with Crippen molar-refractivity contribution in [2.24, 2.45) is 0 Å². The van der Waals surface area contributed by atoms with Gasteiger partial charge in [-0.3, -0.25) is 4.40 Å². The van der Waals surface area contributed by atoms with Crippen molar-refractivity contribution in [3.8, 4) is 33.8 Å². The van der Waals surface area contributed by atoms with E-state index in [2.05, 4.69) is 126 Å². The Balaban J connectivity index is 1.34. The van der Waals surface area contributed by atoms with Crippen LogP contribution < -0.4 is 0 Å². The van der Waals surface area contributed by atoms with Gasteiger partial charge in [0.2, 0.25) is 0 Å². The Bertz CT molecular complexity index is 2160. The summed E-state index contributed by atoms with van der Waals surface area (Å²) in [5.41, 5.74) is 7.49. The first-order valence-electron chi connectivity index (χ1n) is 13.2. The third-order valence-corrected chi connectivity index (χ3v) is 7.63. The van der Waals surface area contributed by atoms with Crippen LogP contribution in [0, 0.1) is 0 Å².